The summed E-state index contributed by atoms with van der Waals surface area (Å²) in [5, 5.41) is 8.12. The van der Waals surface area contributed by atoms with Crippen molar-refractivity contribution in [2.75, 3.05) is 5.43 Å². The van der Waals surface area contributed by atoms with Gasteiger partial charge in [0, 0.05) is 15.6 Å². The highest BCUT2D eigenvalue weighted by molar-refractivity contribution is 7.71. The van der Waals surface area contributed by atoms with Crippen LogP contribution in [-0.2, 0) is 13.2 Å². The Morgan fingerprint density at radius 2 is 2.00 bits per heavy atom. The topological polar surface area (TPSA) is 54.9 Å². The molecule has 3 rings (SSSR count). The summed E-state index contributed by atoms with van der Waals surface area (Å²) in [7, 11) is 0. The van der Waals surface area contributed by atoms with E-state index in [0.29, 0.717) is 28.0 Å². The molecule has 0 radical (unpaired) electrons. The molecule has 0 spiro atoms. The number of nitrogens with zero attached hydrogens (tertiary/aromatic N) is 2. The van der Waals surface area contributed by atoms with Crippen molar-refractivity contribution in [3.63, 3.8) is 0 Å². The van der Waals surface area contributed by atoms with E-state index in [0.717, 1.165) is 22.7 Å². The molecule has 2 aromatic carbocycles. The average Bonchev–Trinajstić information content (AvgIpc) is 2.90. The Morgan fingerprint density at radius 3 is 2.72 bits per heavy atom. The van der Waals surface area contributed by atoms with Crippen LogP contribution in [0.4, 0.5) is 0 Å². The summed E-state index contributed by atoms with van der Waals surface area (Å²) >= 11 is 17.3. The molecule has 0 saturated heterocycles. The number of aromatic nitrogens is 3. The van der Waals surface area contributed by atoms with Gasteiger partial charge in [-0.25, -0.2) is 4.68 Å². The van der Waals surface area contributed by atoms with Crippen LogP contribution in [-0.4, -0.2) is 14.9 Å². The number of hydrogen-bond acceptors (Lipinski definition) is 4. The molecule has 0 atom stereocenters. The van der Waals surface area contributed by atoms with Crippen molar-refractivity contribution in [1.29, 1.82) is 0 Å². The Hall–Kier alpha value is -2.02. The summed E-state index contributed by atoms with van der Waals surface area (Å²) in [6.45, 7) is 2.76. The van der Waals surface area contributed by atoms with Gasteiger partial charge in [-0.3, -0.25) is 5.10 Å². The average molecular weight is 395 g/mol. The van der Waals surface area contributed by atoms with E-state index < -0.39 is 0 Å². The van der Waals surface area contributed by atoms with Gasteiger partial charge in [0.15, 0.2) is 0 Å². The molecular formula is C17H16Cl2N4OS. The molecular weight excluding hydrogens is 379 g/mol. The van der Waals surface area contributed by atoms with E-state index in [9.17, 15) is 0 Å². The first-order chi connectivity index (χ1) is 12.0. The van der Waals surface area contributed by atoms with Crippen LogP contribution in [0.2, 0.25) is 10.0 Å². The third-order valence-corrected chi connectivity index (χ3v) is 4.32. The van der Waals surface area contributed by atoms with Crippen molar-refractivity contribution in [3.8, 4) is 5.75 Å². The van der Waals surface area contributed by atoms with Gasteiger partial charge in [-0.2, -0.15) is 5.10 Å². The summed E-state index contributed by atoms with van der Waals surface area (Å²) in [5.74, 6) is 1.48. The highest BCUT2D eigenvalue weighted by atomic mass is 35.5. The number of halogens is 2. The Morgan fingerprint density at radius 1 is 1.20 bits per heavy atom. The van der Waals surface area contributed by atoms with E-state index in [-0.39, 0.29) is 0 Å². The molecule has 1 aromatic heterocycles. The SMILES string of the molecule is Cc1n[nH]c(=S)n1NCc1cc(Cl)ccc1OCc1cccc(Cl)c1. The quantitative estimate of drug-likeness (QED) is 0.585. The third-order valence-electron chi connectivity index (χ3n) is 3.57. The largest absolute Gasteiger partial charge is 0.489 e. The maximum absolute atomic E-state index is 6.13. The summed E-state index contributed by atoms with van der Waals surface area (Å²) in [5.41, 5.74) is 5.12. The number of aryl methyl sites for hydroxylation is 1. The molecule has 5 nitrogen and oxygen atoms in total. The van der Waals surface area contributed by atoms with Crippen LogP contribution in [0.15, 0.2) is 42.5 Å². The van der Waals surface area contributed by atoms with Crippen LogP contribution in [0.5, 0.6) is 5.75 Å². The highest BCUT2D eigenvalue weighted by Crippen LogP contribution is 2.24. The number of hydrogen-bond donors (Lipinski definition) is 2. The molecule has 0 aliphatic carbocycles. The molecule has 0 amide bonds. The standard InChI is InChI=1S/C17H16Cl2N4OS/c1-11-21-22-17(25)23(11)20-9-13-8-15(19)5-6-16(13)24-10-12-3-2-4-14(18)7-12/h2-8,20H,9-10H2,1H3,(H,22,25). The second-order valence-corrected chi connectivity index (χ2v) is 6.68. The van der Waals surface area contributed by atoms with Crippen LogP contribution in [0.3, 0.4) is 0 Å². The zero-order valence-electron chi connectivity index (χ0n) is 13.4. The van der Waals surface area contributed by atoms with Crippen LogP contribution in [0, 0.1) is 11.7 Å². The van der Waals surface area contributed by atoms with Gasteiger partial charge in [0.25, 0.3) is 0 Å². The van der Waals surface area contributed by atoms with Crippen LogP contribution in [0.1, 0.15) is 17.0 Å². The van der Waals surface area contributed by atoms with Crippen LogP contribution in [0.25, 0.3) is 0 Å². The molecule has 130 valence electrons. The summed E-state index contributed by atoms with van der Waals surface area (Å²) < 4.78 is 8.15. The van der Waals surface area contributed by atoms with Crippen molar-refractivity contribution in [3.05, 3.63) is 74.2 Å². The van der Waals surface area contributed by atoms with E-state index >= 15 is 0 Å². The van der Waals surface area contributed by atoms with E-state index in [2.05, 4.69) is 15.6 Å². The highest BCUT2D eigenvalue weighted by Gasteiger charge is 2.07. The molecule has 8 heteroatoms. The first-order valence-electron chi connectivity index (χ1n) is 7.56. The Labute approximate surface area is 160 Å². The second-order valence-electron chi connectivity index (χ2n) is 5.42. The van der Waals surface area contributed by atoms with Gasteiger partial charge < -0.3 is 10.2 Å². The lowest BCUT2D eigenvalue weighted by Gasteiger charge is -2.14. The molecule has 0 bridgehead atoms. The van der Waals surface area contributed by atoms with Gasteiger partial charge >= 0.3 is 0 Å². The van der Waals surface area contributed by atoms with Crippen molar-refractivity contribution in [2.45, 2.75) is 20.1 Å². The van der Waals surface area contributed by atoms with Crippen molar-refractivity contribution >= 4 is 35.4 Å². The summed E-state index contributed by atoms with van der Waals surface area (Å²) in [4.78, 5) is 0. The predicted molar refractivity (Wildman–Crippen MR) is 102 cm³/mol. The zero-order valence-corrected chi connectivity index (χ0v) is 15.8. The van der Waals surface area contributed by atoms with Gasteiger partial charge in [0.2, 0.25) is 4.77 Å². The fourth-order valence-electron chi connectivity index (χ4n) is 2.34. The number of ether oxygens (including phenoxy) is 1. The lowest BCUT2D eigenvalue weighted by Crippen LogP contribution is -2.16. The minimum absolute atomic E-state index is 0.416. The smallest absolute Gasteiger partial charge is 0.214 e. The molecule has 2 N–H and O–H groups in total. The van der Waals surface area contributed by atoms with Crippen molar-refractivity contribution in [1.82, 2.24) is 14.9 Å². The predicted octanol–water partition coefficient (Wildman–Crippen LogP) is 4.88. The molecule has 1 heterocycles. The first kappa shape index (κ1) is 17.8. The van der Waals surface area contributed by atoms with Crippen molar-refractivity contribution in [2.24, 2.45) is 0 Å². The normalized spacial score (nSPS) is 10.7. The summed E-state index contributed by atoms with van der Waals surface area (Å²) in [6, 6.07) is 13.1. The third kappa shape index (κ3) is 4.54. The van der Waals surface area contributed by atoms with E-state index in [4.69, 9.17) is 40.2 Å². The molecule has 0 unspecified atom stereocenters. The lowest BCUT2D eigenvalue weighted by atomic mass is 10.2. The number of nitrogens with one attached hydrogen (secondary N) is 2. The molecule has 0 aliphatic rings. The minimum atomic E-state index is 0.416. The number of rotatable bonds is 6. The van der Waals surface area contributed by atoms with Crippen molar-refractivity contribution < 1.29 is 4.74 Å². The van der Waals surface area contributed by atoms with E-state index in [1.807, 2.05) is 43.3 Å². The molecule has 0 saturated carbocycles. The summed E-state index contributed by atoms with van der Waals surface area (Å²) in [6.07, 6.45) is 0. The molecule has 3 aromatic rings. The maximum atomic E-state index is 6.13. The number of H-pyrrole nitrogens is 1. The Kier molecular flexibility index (Phi) is 5.63. The Balaban J connectivity index is 1.75. The number of aromatic amines is 1. The zero-order chi connectivity index (χ0) is 17.8. The van der Waals surface area contributed by atoms with Crippen LogP contribution < -0.4 is 10.2 Å². The monoisotopic (exact) mass is 394 g/mol. The minimum Gasteiger partial charge on any atom is -0.489 e. The van der Waals surface area contributed by atoms with Gasteiger partial charge in [0.05, 0.1) is 6.54 Å². The lowest BCUT2D eigenvalue weighted by molar-refractivity contribution is 0.303. The van der Waals surface area contributed by atoms with Gasteiger partial charge in [-0.1, -0.05) is 35.3 Å². The van der Waals surface area contributed by atoms with Crippen LogP contribution >= 0.6 is 35.4 Å². The van der Waals surface area contributed by atoms with Gasteiger partial charge in [-0.15, -0.1) is 0 Å². The molecule has 0 fully saturated rings. The molecule has 25 heavy (non-hydrogen) atoms. The van der Waals surface area contributed by atoms with E-state index in [1.54, 1.807) is 10.7 Å². The first-order valence-corrected chi connectivity index (χ1v) is 8.73. The maximum Gasteiger partial charge on any atom is 0.214 e. The molecule has 0 aliphatic heterocycles. The second kappa shape index (κ2) is 7.91. The Bertz CT molecular complexity index is 938. The van der Waals surface area contributed by atoms with E-state index in [1.165, 1.54) is 0 Å². The van der Waals surface area contributed by atoms with Gasteiger partial charge in [-0.05, 0) is 55.0 Å². The fraction of sp³-hybridized carbons (Fsp3) is 0.176. The fourth-order valence-corrected chi connectivity index (χ4v) is 2.99. The number of benzene rings is 2. The van der Waals surface area contributed by atoms with Gasteiger partial charge in [0.1, 0.15) is 18.2 Å².